The van der Waals surface area contributed by atoms with E-state index < -0.39 is 0 Å². The third-order valence-electron chi connectivity index (χ3n) is 4.19. The number of aryl methyl sites for hydroxylation is 2. The summed E-state index contributed by atoms with van der Waals surface area (Å²) < 4.78 is 5.90. The quantitative estimate of drug-likeness (QED) is 0.936. The van der Waals surface area contributed by atoms with Crippen molar-refractivity contribution in [1.82, 2.24) is 9.97 Å². The number of nitrogen functional groups attached to an aromatic ring is 1. The molecule has 0 bridgehead atoms. The fraction of sp³-hybridized carbons (Fsp3) is 0.444. The van der Waals surface area contributed by atoms with E-state index in [1.807, 2.05) is 38.1 Å². The molecule has 1 aromatic carbocycles. The molecule has 5 heteroatoms. The lowest BCUT2D eigenvalue weighted by atomic mass is 10.0. The van der Waals surface area contributed by atoms with Gasteiger partial charge < -0.3 is 15.4 Å². The van der Waals surface area contributed by atoms with Crippen molar-refractivity contribution in [2.45, 2.75) is 33.6 Å². The molecule has 3 rings (SSSR count). The molecule has 0 saturated carbocycles. The van der Waals surface area contributed by atoms with E-state index >= 15 is 0 Å². The van der Waals surface area contributed by atoms with E-state index in [-0.39, 0.29) is 0 Å². The van der Waals surface area contributed by atoms with E-state index in [2.05, 4.69) is 21.8 Å². The van der Waals surface area contributed by atoms with Crippen LogP contribution >= 0.6 is 0 Å². The maximum Gasteiger partial charge on any atom is 0.248 e. The second-order valence-electron chi connectivity index (χ2n) is 6.42. The monoisotopic (exact) mass is 312 g/mol. The number of nitrogens with zero attached hydrogens (tertiary/aromatic N) is 3. The normalized spacial score (nSPS) is 18.0. The van der Waals surface area contributed by atoms with Crippen molar-refractivity contribution in [1.29, 1.82) is 0 Å². The molecule has 1 atom stereocenters. The second kappa shape index (κ2) is 6.44. The number of nitrogens with two attached hydrogens (primary N) is 1. The average molecular weight is 312 g/mol. The fourth-order valence-corrected chi connectivity index (χ4v) is 2.96. The van der Waals surface area contributed by atoms with Crippen LogP contribution in [-0.2, 0) is 0 Å². The van der Waals surface area contributed by atoms with Crippen LogP contribution in [0.15, 0.2) is 24.3 Å². The Kier molecular flexibility index (Phi) is 4.37. The van der Waals surface area contributed by atoms with Crippen LogP contribution < -0.4 is 15.4 Å². The van der Waals surface area contributed by atoms with Gasteiger partial charge in [-0.05, 0) is 44.7 Å². The highest BCUT2D eigenvalue weighted by atomic mass is 16.5. The zero-order valence-corrected chi connectivity index (χ0v) is 14.0. The summed E-state index contributed by atoms with van der Waals surface area (Å²) in [6.07, 6.45) is 2.42. The zero-order chi connectivity index (χ0) is 16.4. The van der Waals surface area contributed by atoms with E-state index in [9.17, 15) is 0 Å². The van der Waals surface area contributed by atoms with Gasteiger partial charge in [0, 0.05) is 13.1 Å². The van der Waals surface area contributed by atoms with Gasteiger partial charge in [0.15, 0.2) is 5.82 Å². The maximum atomic E-state index is 6.31. The van der Waals surface area contributed by atoms with E-state index in [1.54, 1.807) is 0 Å². The highest BCUT2D eigenvalue weighted by Gasteiger charge is 2.22. The summed E-state index contributed by atoms with van der Waals surface area (Å²) in [7, 11) is 0. The fourth-order valence-electron chi connectivity index (χ4n) is 2.96. The summed E-state index contributed by atoms with van der Waals surface area (Å²) in [5.41, 5.74) is 8.02. The third-order valence-corrected chi connectivity index (χ3v) is 4.19. The Labute approximate surface area is 137 Å². The predicted molar refractivity (Wildman–Crippen MR) is 93.0 cm³/mol. The summed E-state index contributed by atoms with van der Waals surface area (Å²) in [6.45, 7) is 8.14. The van der Waals surface area contributed by atoms with Gasteiger partial charge in [0.05, 0.1) is 0 Å². The minimum Gasteiger partial charge on any atom is -0.437 e. The van der Waals surface area contributed by atoms with Crippen LogP contribution in [0.4, 0.5) is 11.5 Å². The van der Waals surface area contributed by atoms with E-state index in [0.717, 1.165) is 31.1 Å². The van der Waals surface area contributed by atoms with Gasteiger partial charge in [-0.1, -0.05) is 24.6 Å². The maximum absolute atomic E-state index is 6.31. The lowest BCUT2D eigenvalue weighted by Crippen LogP contribution is -2.35. The standard InChI is InChI=1S/C18H24N4O/c1-12-6-8-15(9-7-12)23-18-16(19)17(20-14(3)21-18)22-10-4-5-13(2)11-22/h6-9,13H,4-5,10-11,19H2,1-3H3/t13-/m1/s1. The van der Waals surface area contributed by atoms with Crippen LogP contribution in [-0.4, -0.2) is 23.1 Å². The molecule has 1 fully saturated rings. The number of benzene rings is 1. The average Bonchev–Trinajstić information content (AvgIpc) is 2.52. The molecule has 5 nitrogen and oxygen atoms in total. The minimum absolute atomic E-state index is 0.439. The number of aromatic nitrogens is 2. The van der Waals surface area contributed by atoms with Crippen LogP contribution in [0.1, 0.15) is 31.2 Å². The minimum atomic E-state index is 0.439. The molecule has 1 aliphatic rings. The molecule has 1 aromatic heterocycles. The van der Waals surface area contributed by atoms with E-state index in [0.29, 0.717) is 23.3 Å². The van der Waals surface area contributed by atoms with Gasteiger partial charge in [0.1, 0.15) is 17.3 Å². The molecule has 0 aliphatic carbocycles. The molecule has 122 valence electrons. The van der Waals surface area contributed by atoms with Crippen molar-refractivity contribution in [3.63, 3.8) is 0 Å². The van der Waals surface area contributed by atoms with Crippen LogP contribution in [0.25, 0.3) is 0 Å². The van der Waals surface area contributed by atoms with Gasteiger partial charge >= 0.3 is 0 Å². The van der Waals surface area contributed by atoms with Crippen LogP contribution in [0.5, 0.6) is 11.6 Å². The molecule has 1 aliphatic heterocycles. The molecule has 2 heterocycles. The van der Waals surface area contributed by atoms with Crippen LogP contribution in [0, 0.1) is 19.8 Å². The largest absolute Gasteiger partial charge is 0.437 e. The number of hydrogen-bond acceptors (Lipinski definition) is 5. The zero-order valence-electron chi connectivity index (χ0n) is 14.0. The Bertz CT molecular complexity index is 684. The summed E-state index contributed by atoms with van der Waals surface area (Å²) in [5.74, 6) is 3.30. The Morgan fingerprint density at radius 1 is 1.17 bits per heavy atom. The second-order valence-corrected chi connectivity index (χ2v) is 6.42. The Hall–Kier alpha value is -2.30. The Morgan fingerprint density at radius 2 is 1.91 bits per heavy atom. The van der Waals surface area contributed by atoms with Gasteiger partial charge in [-0.25, -0.2) is 4.98 Å². The van der Waals surface area contributed by atoms with Crippen molar-refractivity contribution in [3.8, 4) is 11.6 Å². The highest BCUT2D eigenvalue weighted by Crippen LogP contribution is 2.34. The van der Waals surface area contributed by atoms with E-state index in [1.165, 1.54) is 12.0 Å². The first-order chi connectivity index (χ1) is 11.0. The number of ether oxygens (including phenoxy) is 1. The van der Waals surface area contributed by atoms with Gasteiger partial charge in [-0.15, -0.1) is 0 Å². The van der Waals surface area contributed by atoms with Crippen molar-refractivity contribution in [3.05, 3.63) is 35.7 Å². The lowest BCUT2D eigenvalue weighted by Gasteiger charge is -2.32. The first kappa shape index (κ1) is 15.6. The summed E-state index contributed by atoms with van der Waals surface area (Å²) in [6, 6.07) is 7.86. The predicted octanol–water partition coefficient (Wildman–Crippen LogP) is 3.70. The highest BCUT2D eigenvalue weighted by molar-refractivity contribution is 5.69. The molecule has 23 heavy (non-hydrogen) atoms. The van der Waals surface area contributed by atoms with Gasteiger partial charge in [0.25, 0.3) is 0 Å². The molecule has 0 radical (unpaired) electrons. The van der Waals surface area contributed by atoms with Crippen molar-refractivity contribution in [2.75, 3.05) is 23.7 Å². The molecule has 0 amide bonds. The Balaban J connectivity index is 1.90. The topological polar surface area (TPSA) is 64.3 Å². The van der Waals surface area contributed by atoms with Gasteiger partial charge in [-0.3, -0.25) is 0 Å². The third kappa shape index (κ3) is 3.55. The smallest absolute Gasteiger partial charge is 0.248 e. The molecule has 1 saturated heterocycles. The van der Waals surface area contributed by atoms with Gasteiger partial charge in [-0.2, -0.15) is 4.98 Å². The summed E-state index contributed by atoms with van der Waals surface area (Å²) >= 11 is 0. The van der Waals surface area contributed by atoms with Crippen LogP contribution in [0.2, 0.25) is 0 Å². The van der Waals surface area contributed by atoms with Gasteiger partial charge in [0.2, 0.25) is 5.88 Å². The number of anilines is 2. The van der Waals surface area contributed by atoms with Crippen LogP contribution in [0.3, 0.4) is 0 Å². The molecular weight excluding hydrogens is 288 g/mol. The summed E-state index contributed by atoms with van der Waals surface area (Å²) in [5, 5.41) is 0. The first-order valence-corrected chi connectivity index (χ1v) is 8.16. The number of hydrogen-bond donors (Lipinski definition) is 1. The molecule has 2 aromatic rings. The van der Waals surface area contributed by atoms with Crippen molar-refractivity contribution in [2.24, 2.45) is 5.92 Å². The number of rotatable bonds is 3. The molecular formula is C18H24N4O. The molecule has 0 unspecified atom stereocenters. The first-order valence-electron chi connectivity index (χ1n) is 8.16. The number of piperidine rings is 1. The van der Waals surface area contributed by atoms with Crippen molar-refractivity contribution >= 4 is 11.5 Å². The van der Waals surface area contributed by atoms with Crippen molar-refractivity contribution < 1.29 is 4.74 Å². The Morgan fingerprint density at radius 3 is 2.61 bits per heavy atom. The molecule has 0 spiro atoms. The lowest BCUT2D eigenvalue weighted by molar-refractivity contribution is 0.440. The van der Waals surface area contributed by atoms with E-state index in [4.69, 9.17) is 10.5 Å². The SMILES string of the molecule is Cc1ccc(Oc2nc(C)nc(N3CCC[C@@H](C)C3)c2N)cc1. The summed E-state index contributed by atoms with van der Waals surface area (Å²) in [4.78, 5) is 11.2. The molecule has 2 N–H and O–H groups in total.